The van der Waals surface area contributed by atoms with Crippen molar-refractivity contribution in [3.63, 3.8) is 0 Å². The topological polar surface area (TPSA) is 54.7 Å². The first kappa shape index (κ1) is 14.0. The Hall–Kier alpha value is -1.91. The Kier molecular flexibility index (Phi) is 3.43. The highest BCUT2D eigenvalue weighted by Gasteiger charge is 2.37. The first-order valence-electron chi connectivity index (χ1n) is 7.25. The summed E-state index contributed by atoms with van der Waals surface area (Å²) in [5.41, 5.74) is 9.89. The number of anilines is 1. The summed E-state index contributed by atoms with van der Waals surface area (Å²) in [6.45, 7) is 2.01. The fourth-order valence-corrected chi connectivity index (χ4v) is 3.10. The van der Waals surface area contributed by atoms with E-state index in [0.717, 1.165) is 22.4 Å². The van der Waals surface area contributed by atoms with Gasteiger partial charge < -0.3 is 5.73 Å². The maximum Gasteiger partial charge on any atom is 0.248 e. The molecule has 1 fully saturated rings. The molecule has 3 N–H and O–H groups in total. The number of nitrogens with zero attached hydrogens (tertiary/aromatic N) is 1. The number of hydrogen-bond acceptors (Lipinski definition) is 2. The highest BCUT2D eigenvalue weighted by Crippen LogP contribution is 2.44. The van der Waals surface area contributed by atoms with Crippen LogP contribution in [0.2, 0.25) is 0 Å². The minimum absolute atomic E-state index is 0.0656. The molecule has 0 radical (unpaired) electrons. The molecular formula is C16H19F2N3. The molecule has 3 nitrogen and oxygen atoms in total. The highest BCUT2D eigenvalue weighted by molar-refractivity contribution is 5.77. The van der Waals surface area contributed by atoms with Crippen molar-refractivity contribution in [1.29, 1.82) is 0 Å². The van der Waals surface area contributed by atoms with Gasteiger partial charge in [-0.1, -0.05) is 29.8 Å². The normalized spacial score (nSPS) is 18.8. The fraction of sp³-hybridized carbons (Fsp3) is 0.438. The van der Waals surface area contributed by atoms with E-state index in [1.165, 1.54) is 0 Å². The maximum atomic E-state index is 13.3. The van der Waals surface area contributed by atoms with Gasteiger partial charge in [0, 0.05) is 30.0 Å². The van der Waals surface area contributed by atoms with Crippen LogP contribution in [0.15, 0.2) is 24.3 Å². The van der Waals surface area contributed by atoms with Crippen molar-refractivity contribution in [2.24, 2.45) is 0 Å². The Morgan fingerprint density at radius 1 is 1.29 bits per heavy atom. The summed E-state index contributed by atoms with van der Waals surface area (Å²) in [6, 6.07) is 8.01. The lowest BCUT2D eigenvalue weighted by atomic mass is 9.82. The summed E-state index contributed by atoms with van der Waals surface area (Å²) in [6.07, 6.45) is 0.800. The summed E-state index contributed by atoms with van der Waals surface area (Å²) < 4.78 is 26.6. The smallest absolute Gasteiger partial charge is 0.248 e. The van der Waals surface area contributed by atoms with Crippen LogP contribution >= 0.6 is 0 Å². The van der Waals surface area contributed by atoms with Crippen LogP contribution in [-0.4, -0.2) is 16.1 Å². The van der Waals surface area contributed by atoms with Gasteiger partial charge in [-0.3, -0.25) is 5.10 Å². The van der Waals surface area contributed by atoms with Crippen molar-refractivity contribution >= 4 is 5.82 Å². The van der Waals surface area contributed by atoms with Crippen molar-refractivity contribution in [1.82, 2.24) is 10.2 Å². The van der Waals surface area contributed by atoms with Crippen LogP contribution in [-0.2, 0) is 0 Å². The van der Waals surface area contributed by atoms with Gasteiger partial charge in [0.2, 0.25) is 5.92 Å². The predicted molar refractivity (Wildman–Crippen MR) is 79.3 cm³/mol. The van der Waals surface area contributed by atoms with E-state index < -0.39 is 5.92 Å². The van der Waals surface area contributed by atoms with Crippen LogP contribution in [0.25, 0.3) is 11.1 Å². The Bertz CT molecular complexity index is 639. The molecule has 1 aromatic heterocycles. The lowest BCUT2D eigenvalue weighted by molar-refractivity contribution is -0.0384. The third kappa shape index (κ3) is 2.77. The number of aryl methyl sites for hydroxylation is 1. The van der Waals surface area contributed by atoms with Crippen molar-refractivity contribution < 1.29 is 8.78 Å². The van der Waals surface area contributed by atoms with E-state index in [-0.39, 0.29) is 18.8 Å². The lowest BCUT2D eigenvalue weighted by Gasteiger charge is -2.28. The minimum atomic E-state index is -2.52. The summed E-state index contributed by atoms with van der Waals surface area (Å²) >= 11 is 0. The summed E-state index contributed by atoms with van der Waals surface area (Å²) in [5, 5.41) is 7.07. The number of nitrogens with one attached hydrogen (secondary N) is 1. The van der Waals surface area contributed by atoms with E-state index in [4.69, 9.17) is 5.73 Å². The molecule has 2 aromatic rings. The molecular weight excluding hydrogens is 272 g/mol. The standard InChI is InChI=1S/C16H19F2N3/c1-10-3-2-4-12(9-10)13-14(20-21-15(13)19)11-5-7-16(17,18)8-6-11/h2-4,9,11H,5-8H2,1H3,(H3,19,20,21). The number of nitrogens with two attached hydrogens (primary N) is 1. The van der Waals surface area contributed by atoms with Gasteiger partial charge >= 0.3 is 0 Å². The second-order valence-corrected chi connectivity index (χ2v) is 5.90. The molecule has 0 saturated heterocycles. The average molecular weight is 291 g/mol. The van der Waals surface area contributed by atoms with Crippen LogP contribution in [0.4, 0.5) is 14.6 Å². The Labute approximate surface area is 122 Å². The maximum absolute atomic E-state index is 13.3. The number of rotatable bonds is 2. The van der Waals surface area contributed by atoms with Gasteiger partial charge in [0.25, 0.3) is 0 Å². The quantitative estimate of drug-likeness (QED) is 0.868. The van der Waals surface area contributed by atoms with Gasteiger partial charge in [-0.25, -0.2) is 8.78 Å². The van der Waals surface area contributed by atoms with E-state index in [1.807, 2.05) is 31.2 Å². The van der Waals surface area contributed by atoms with E-state index in [9.17, 15) is 8.78 Å². The van der Waals surface area contributed by atoms with E-state index in [1.54, 1.807) is 0 Å². The number of H-pyrrole nitrogens is 1. The molecule has 3 rings (SSSR count). The average Bonchev–Trinajstić information content (AvgIpc) is 2.80. The minimum Gasteiger partial charge on any atom is -0.382 e. The van der Waals surface area contributed by atoms with Gasteiger partial charge in [-0.2, -0.15) is 5.10 Å². The molecule has 112 valence electrons. The zero-order chi connectivity index (χ0) is 15.0. The van der Waals surface area contributed by atoms with Crippen molar-refractivity contribution in [2.75, 3.05) is 5.73 Å². The van der Waals surface area contributed by atoms with Crippen molar-refractivity contribution in [3.05, 3.63) is 35.5 Å². The number of halogens is 2. The monoisotopic (exact) mass is 291 g/mol. The second kappa shape index (κ2) is 5.13. The number of aromatic amines is 1. The third-order valence-electron chi connectivity index (χ3n) is 4.25. The van der Waals surface area contributed by atoms with Gasteiger partial charge in [0.1, 0.15) is 0 Å². The van der Waals surface area contributed by atoms with E-state index >= 15 is 0 Å². The SMILES string of the molecule is Cc1cccc(-c2c(N)n[nH]c2C2CCC(F)(F)CC2)c1. The van der Waals surface area contributed by atoms with Gasteiger partial charge in [0.15, 0.2) is 5.82 Å². The van der Waals surface area contributed by atoms with Crippen molar-refractivity contribution in [3.8, 4) is 11.1 Å². The number of benzene rings is 1. The number of aromatic nitrogens is 2. The first-order chi connectivity index (χ1) is 9.96. The fourth-order valence-electron chi connectivity index (χ4n) is 3.10. The molecule has 1 aromatic carbocycles. The van der Waals surface area contributed by atoms with Crippen LogP contribution in [0, 0.1) is 6.92 Å². The number of nitrogen functional groups attached to an aromatic ring is 1. The molecule has 0 bridgehead atoms. The molecule has 0 aliphatic heterocycles. The summed E-state index contributed by atoms with van der Waals surface area (Å²) in [7, 11) is 0. The zero-order valence-electron chi connectivity index (χ0n) is 12.0. The Morgan fingerprint density at radius 3 is 2.67 bits per heavy atom. The molecule has 0 atom stereocenters. The molecule has 21 heavy (non-hydrogen) atoms. The van der Waals surface area contributed by atoms with Gasteiger partial charge in [-0.15, -0.1) is 0 Å². The van der Waals surface area contributed by atoms with Crippen LogP contribution < -0.4 is 5.73 Å². The lowest BCUT2D eigenvalue weighted by Crippen LogP contribution is -2.24. The summed E-state index contributed by atoms with van der Waals surface area (Å²) in [4.78, 5) is 0. The molecule has 1 heterocycles. The first-order valence-corrected chi connectivity index (χ1v) is 7.25. The predicted octanol–water partition coefficient (Wildman–Crippen LogP) is 4.26. The molecule has 0 unspecified atom stereocenters. The van der Waals surface area contributed by atoms with Crippen LogP contribution in [0.5, 0.6) is 0 Å². The van der Waals surface area contributed by atoms with Crippen LogP contribution in [0.1, 0.15) is 42.9 Å². The number of hydrogen-bond donors (Lipinski definition) is 2. The molecule has 1 aliphatic carbocycles. The van der Waals surface area contributed by atoms with Gasteiger partial charge in [0.05, 0.1) is 0 Å². The van der Waals surface area contributed by atoms with E-state index in [0.29, 0.717) is 18.7 Å². The highest BCUT2D eigenvalue weighted by atomic mass is 19.3. The largest absolute Gasteiger partial charge is 0.382 e. The molecule has 5 heteroatoms. The van der Waals surface area contributed by atoms with Gasteiger partial charge in [-0.05, 0) is 25.3 Å². The number of alkyl halides is 2. The Morgan fingerprint density at radius 2 is 2.00 bits per heavy atom. The third-order valence-corrected chi connectivity index (χ3v) is 4.25. The van der Waals surface area contributed by atoms with Crippen LogP contribution in [0.3, 0.4) is 0 Å². The van der Waals surface area contributed by atoms with Crippen molar-refractivity contribution in [2.45, 2.75) is 44.4 Å². The zero-order valence-corrected chi connectivity index (χ0v) is 12.0. The van der Waals surface area contributed by atoms with E-state index in [2.05, 4.69) is 10.2 Å². The molecule has 0 amide bonds. The second-order valence-electron chi connectivity index (χ2n) is 5.90. The Balaban J connectivity index is 1.95. The molecule has 1 saturated carbocycles. The summed E-state index contributed by atoms with van der Waals surface area (Å²) in [5.74, 6) is -2.01. The molecule has 1 aliphatic rings. The molecule has 0 spiro atoms.